The van der Waals surface area contributed by atoms with Crippen LogP contribution < -0.4 is 0 Å². The monoisotopic (exact) mass is 340 g/mol. The maximum atomic E-state index is 11.3. The Morgan fingerprint density at radius 2 is 1.87 bits per heavy atom. The maximum absolute atomic E-state index is 11.3. The highest BCUT2D eigenvalue weighted by molar-refractivity contribution is 14.1. The van der Waals surface area contributed by atoms with Crippen molar-refractivity contribution in [1.82, 2.24) is 0 Å². The van der Waals surface area contributed by atoms with Crippen LogP contribution in [0.3, 0.4) is 0 Å². The van der Waals surface area contributed by atoms with Crippen molar-refractivity contribution in [3.63, 3.8) is 0 Å². The van der Waals surface area contributed by atoms with Crippen LogP contribution in [0.5, 0.6) is 0 Å². The second-order valence-electron chi connectivity index (χ2n) is 3.48. The average molecular weight is 340 g/mol. The molecule has 0 amide bonds. The summed E-state index contributed by atoms with van der Waals surface area (Å²) in [5.74, 6) is 0. The number of benzene rings is 1. The molecule has 0 unspecified atom stereocenters. The highest BCUT2D eigenvalue weighted by atomic mass is 127. The quantitative estimate of drug-likeness (QED) is 0.675. The van der Waals surface area contributed by atoms with Crippen molar-refractivity contribution in [2.75, 3.05) is 6.26 Å². The molecule has 0 bridgehead atoms. The SMILES string of the molecule is Cc1ccccc1[C@H](O)[C@@H](I)S(C)(=O)=O. The van der Waals surface area contributed by atoms with Crippen LogP contribution in [0.15, 0.2) is 24.3 Å². The summed E-state index contributed by atoms with van der Waals surface area (Å²) in [6, 6.07) is 7.24. The van der Waals surface area contributed by atoms with Crippen molar-refractivity contribution in [3.05, 3.63) is 35.4 Å². The Morgan fingerprint density at radius 3 is 2.33 bits per heavy atom. The molecular weight excluding hydrogens is 327 g/mol. The predicted octanol–water partition coefficient (Wildman–Crippen LogP) is 1.83. The number of aliphatic hydroxyl groups excluding tert-OH is 1. The van der Waals surface area contributed by atoms with Crippen LogP contribution in [-0.4, -0.2) is 23.0 Å². The zero-order chi connectivity index (χ0) is 11.6. The van der Waals surface area contributed by atoms with E-state index in [2.05, 4.69) is 0 Å². The summed E-state index contributed by atoms with van der Waals surface area (Å²) >= 11 is 1.76. The van der Waals surface area contributed by atoms with Gasteiger partial charge in [0.05, 0.1) is 0 Å². The summed E-state index contributed by atoms with van der Waals surface area (Å²) in [6.07, 6.45) is 0.160. The first-order valence-electron chi connectivity index (χ1n) is 4.40. The van der Waals surface area contributed by atoms with Crippen LogP contribution in [-0.2, 0) is 9.84 Å². The third-order valence-electron chi connectivity index (χ3n) is 2.16. The number of halogens is 1. The molecule has 0 spiro atoms. The number of hydrogen-bond donors (Lipinski definition) is 1. The Balaban J connectivity index is 3.06. The molecule has 0 aromatic heterocycles. The number of aliphatic hydroxyl groups is 1. The van der Waals surface area contributed by atoms with Gasteiger partial charge in [-0.15, -0.1) is 0 Å². The number of rotatable bonds is 3. The minimum atomic E-state index is -3.23. The van der Waals surface area contributed by atoms with Gasteiger partial charge >= 0.3 is 0 Å². The van der Waals surface area contributed by atoms with Crippen LogP contribution >= 0.6 is 22.6 Å². The fourth-order valence-corrected chi connectivity index (χ4v) is 2.30. The Labute approximate surface area is 104 Å². The van der Waals surface area contributed by atoms with Gasteiger partial charge in [-0.05, 0) is 18.1 Å². The minimum absolute atomic E-state index is 0.669. The number of hydrogen-bond acceptors (Lipinski definition) is 3. The summed E-state index contributed by atoms with van der Waals surface area (Å²) in [4.78, 5) is 0. The molecule has 15 heavy (non-hydrogen) atoms. The molecule has 1 aromatic rings. The molecule has 0 aliphatic carbocycles. The fraction of sp³-hybridized carbons (Fsp3) is 0.400. The standard InChI is InChI=1S/C10H13IO3S/c1-7-5-3-4-6-8(7)9(12)10(11)15(2,13)14/h3-6,9-10,12H,1-2H3/t9-,10-/m0/s1. The van der Waals surface area contributed by atoms with Crippen LogP contribution in [0.25, 0.3) is 0 Å². The van der Waals surface area contributed by atoms with Gasteiger partial charge in [0.1, 0.15) is 9.36 Å². The average Bonchev–Trinajstić information content (AvgIpc) is 2.15. The molecular formula is C10H13IO3S. The molecule has 1 aromatic carbocycles. The second kappa shape index (κ2) is 4.80. The number of alkyl halides is 1. The van der Waals surface area contributed by atoms with E-state index in [9.17, 15) is 13.5 Å². The Kier molecular flexibility index (Phi) is 4.13. The van der Waals surface area contributed by atoms with Gasteiger partial charge in [0.2, 0.25) is 0 Å². The largest absolute Gasteiger partial charge is 0.386 e. The Bertz CT molecular complexity index is 442. The summed E-state index contributed by atoms with van der Waals surface area (Å²) in [6.45, 7) is 1.85. The lowest BCUT2D eigenvalue weighted by molar-refractivity contribution is 0.196. The van der Waals surface area contributed by atoms with E-state index in [1.165, 1.54) is 0 Å². The first-order chi connectivity index (χ1) is 6.84. The van der Waals surface area contributed by atoms with Crippen molar-refractivity contribution in [2.24, 2.45) is 0 Å². The van der Waals surface area contributed by atoms with Gasteiger partial charge in [0, 0.05) is 6.26 Å². The van der Waals surface area contributed by atoms with Crippen molar-refractivity contribution in [1.29, 1.82) is 0 Å². The van der Waals surface area contributed by atoms with Crippen molar-refractivity contribution in [3.8, 4) is 0 Å². The summed E-state index contributed by atoms with van der Waals surface area (Å²) in [5.41, 5.74) is 1.57. The van der Waals surface area contributed by atoms with E-state index in [1.807, 2.05) is 19.1 Å². The summed E-state index contributed by atoms with van der Waals surface area (Å²) < 4.78 is 21.8. The zero-order valence-electron chi connectivity index (χ0n) is 8.51. The zero-order valence-corrected chi connectivity index (χ0v) is 11.5. The number of sulfone groups is 1. The molecule has 3 nitrogen and oxygen atoms in total. The van der Waals surface area contributed by atoms with Crippen molar-refractivity contribution >= 4 is 32.4 Å². The maximum Gasteiger partial charge on any atom is 0.162 e. The molecule has 1 N–H and O–H groups in total. The molecule has 0 fully saturated rings. The fourth-order valence-electron chi connectivity index (χ4n) is 1.29. The Hall–Kier alpha value is -0.140. The molecule has 2 atom stereocenters. The third kappa shape index (κ3) is 3.15. The first kappa shape index (κ1) is 12.9. The molecule has 0 aliphatic rings. The lowest BCUT2D eigenvalue weighted by Crippen LogP contribution is -2.21. The molecule has 0 aliphatic heterocycles. The predicted molar refractivity (Wildman–Crippen MR) is 68.8 cm³/mol. The van der Waals surface area contributed by atoms with Crippen LogP contribution in [0.4, 0.5) is 0 Å². The molecule has 0 saturated heterocycles. The van der Waals surface area contributed by atoms with Crippen molar-refractivity contribution < 1.29 is 13.5 Å². The summed E-state index contributed by atoms with van der Waals surface area (Å²) in [5, 5.41) is 9.92. The van der Waals surface area contributed by atoms with Crippen molar-refractivity contribution in [2.45, 2.75) is 16.3 Å². The molecule has 0 radical (unpaired) electrons. The van der Waals surface area contributed by atoms with Gasteiger partial charge in [0.25, 0.3) is 0 Å². The topological polar surface area (TPSA) is 54.4 Å². The van der Waals surface area contributed by atoms with E-state index in [0.29, 0.717) is 5.56 Å². The van der Waals surface area contributed by atoms with Gasteiger partial charge in [-0.2, -0.15) is 0 Å². The number of aryl methyl sites for hydroxylation is 1. The van der Waals surface area contributed by atoms with E-state index in [4.69, 9.17) is 0 Å². The lowest BCUT2D eigenvalue weighted by Gasteiger charge is -2.17. The smallest absolute Gasteiger partial charge is 0.162 e. The van der Waals surface area contributed by atoms with E-state index in [-0.39, 0.29) is 0 Å². The van der Waals surface area contributed by atoms with Crippen LogP contribution in [0.2, 0.25) is 0 Å². The van der Waals surface area contributed by atoms with E-state index in [0.717, 1.165) is 11.8 Å². The molecule has 0 saturated carbocycles. The van der Waals surface area contributed by atoms with E-state index >= 15 is 0 Å². The van der Waals surface area contributed by atoms with Gasteiger partial charge < -0.3 is 5.11 Å². The highest BCUT2D eigenvalue weighted by Crippen LogP contribution is 2.28. The Morgan fingerprint density at radius 1 is 1.33 bits per heavy atom. The van der Waals surface area contributed by atoms with E-state index < -0.39 is 19.2 Å². The molecule has 0 heterocycles. The van der Waals surface area contributed by atoms with Gasteiger partial charge in [-0.1, -0.05) is 46.9 Å². The molecule has 84 valence electrons. The van der Waals surface area contributed by atoms with Crippen LogP contribution in [0, 0.1) is 6.92 Å². The minimum Gasteiger partial charge on any atom is -0.386 e. The second-order valence-corrected chi connectivity index (χ2v) is 7.84. The highest BCUT2D eigenvalue weighted by Gasteiger charge is 2.27. The van der Waals surface area contributed by atoms with E-state index in [1.54, 1.807) is 34.7 Å². The van der Waals surface area contributed by atoms with Gasteiger partial charge in [0.15, 0.2) is 9.84 Å². The third-order valence-corrected chi connectivity index (χ3v) is 6.69. The lowest BCUT2D eigenvalue weighted by atomic mass is 10.1. The normalized spacial score (nSPS) is 16.0. The van der Waals surface area contributed by atoms with Gasteiger partial charge in [-0.3, -0.25) is 0 Å². The molecule has 5 heteroatoms. The molecule has 1 rings (SSSR count). The van der Waals surface area contributed by atoms with Gasteiger partial charge in [-0.25, -0.2) is 8.42 Å². The first-order valence-corrected chi connectivity index (χ1v) is 7.60. The summed E-state index contributed by atoms with van der Waals surface area (Å²) in [7, 11) is -3.23. The van der Waals surface area contributed by atoms with Crippen LogP contribution in [0.1, 0.15) is 17.2 Å².